The molecule has 0 atom stereocenters. The van der Waals surface area contributed by atoms with Crippen LogP contribution < -0.4 is 15.2 Å². The fourth-order valence-electron chi connectivity index (χ4n) is 1.76. The zero-order valence-corrected chi connectivity index (χ0v) is 11.1. The summed E-state index contributed by atoms with van der Waals surface area (Å²) in [5.41, 5.74) is 7.40. The Morgan fingerprint density at radius 3 is 2.53 bits per heavy atom. The van der Waals surface area contributed by atoms with Crippen molar-refractivity contribution in [2.75, 3.05) is 20.0 Å². The van der Waals surface area contributed by atoms with Gasteiger partial charge in [0.05, 0.1) is 19.4 Å². The van der Waals surface area contributed by atoms with Gasteiger partial charge in [-0.2, -0.15) is 0 Å². The van der Waals surface area contributed by atoms with Crippen molar-refractivity contribution >= 4 is 5.69 Å². The number of methoxy groups -OCH3 is 2. The molecule has 0 bridgehead atoms. The van der Waals surface area contributed by atoms with Gasteiger partial charge in [-0.15, -0.1) is 0 Å². The highest BCUT2D eigenvalue weighted by Crippen LogP contribution is 2.30. The standard InChI is InChI=1S/C15H17NO3/c1-17-10-11-4-3-5-12(8-11)19-13-6-7-14(16)15(9-13)18-2/h3-9H,10,16H2,1-2H3. The van der Waals surface area contributed by atoms with Crippen molar-refractivity contribution in [1.82, 2.24) is 0 Å². The number of anilines is 1. The molecule has 4 heteroatoms. The maximum Gasteiger partial charge on any atom is 0.145 e. The van der Waals surface area contributed by atoms with E-state index in [1.165, 1.54) is 0 Å². The second-order valence-electron chi connectivity index (χ2n) is 4.09. The Balaban J connectivity index is 2.18. The van der Waals surface area contributed by atoms with Gasteiger partial charge in [-0.3, -0.25) is 0 Å². The molecule has 2 aromatic rings. The summed E-state index contributed by atoms with van der Waals surface area (Å²) in [4.78, 5) is 0. The summed E-state index contributed by atoms with van der Waals surface area (Å²) in [5.74, 6) is 2.03. The molecule has 19 heavy (non-hydrogen) atoms. The largest absolute Gasteiger partial charge is 0.494 e. The third-order valence-electron chi connectivity index (χ3n) is 2.65. The Kier molecular flexibility index (Phi) is 4.26. The van der Waals surface area contributed by atoms with Gasteiger partial charge in [0.15, 0.2) is 0 Å². The Labute approximate surface area is 112 Å². The lowest BCUT2D eigenvalue weighted by Gasteiger charge is -2.10. The Hall–Kier alpha value is -2.20. The number of ether oxygens (including phenoxy) is 3. The molecule has 0 aliphatic rings. The molecule has 2 N–H and O–H groups in total. The molecule has 4 nitrogen and oxygen atoms in total. The van der Waals surface area contributed by atoms with Gasteiger partial charge < -0.3 is 19.9 Å². The minimum Gasteiger partial charge on any atom is -0.494 e. The molecular formula is C15H17NO3. The smallest absolute Gasteiger partial charge is 0.145 e. The highest BCUT2D eigenvalue weighted by atomic mass is 16.5. The number of nitrogens with two attached hydrogens (primary N) is 1. The minimum absolute atomic E-state index is 0.558. The summed E-state index contributed by atoms with van der Waals surface area (Å²) in [6.07, 6.45) is 0. The van der Waals surface area contributed by atoms with E-state index in [9.17, 15) is 0 Å². The predicted octanol–water partition coefficient (Wildman–Crippen LogP) is 3.22. The van der Waals surface area contributed by atoms with E-state index in [-0.39, 0.29) is 0 Å². The fourth-order valence-corrected chi connectivity index (χ4v) is 1.76. The van der Waals surface area contributed by atoms with Crippen molar-refractivity contribution in [3.8, 4) is 17.2 Å². The first-order chi connectivity index (χ1) is 9.22. The van der Waals surface area contributed by atoms with Crippen LogP contribution in [-0.4, -0.2) is 14.2 Å². The van der Waals surface area contributed by atoms with Crippen molar-refractivity contribution < 1.29 is 14.2 Å². The van der Waals surface area contributed by atoms with Crippen molar-refractivity contribution in [2.45, 2.75) is 6.61 Å². The van der Waals surface area contributed by atoms with Crippen LogP contribution in [0.3, 0.4) is 0 Å². The molecule has 0 aliphatic carbocycles. The summed E-state index contributed by atoms with van der Waals surface area (Å²) in [7, 11) is 3.24. The van der Waals surface area contributed by atoms with E-state index in [1.807, 2.05) is 24.3 Å². The first kappa shape index (κ1) is 13.2. The van der Waals surface area contributed by atoms with Gasteiger partial charge in [-0.1, -0.05) is 12.1 Å². The van der Waals surface area contributed by atoms with Crippen LogP contribution in [-0.2, 0) is 11.3 Å². The van der Waals surface area contributed by atoms with Gasteiger partial charge in [0.2, 0.25) is 0 Å². The Morgan fingerprint density at radius 2 is 1.79 bits per heavy atom. The maximum absolute atomic E-state index is 5.77. The molecule has 0 saturated heterocycles. The highest BCUT2D eigenvalue weighted by molar-refractivity contribution is 5.56. The SMILES string of the molecule is COCc1cccc(Oc2ccc(N)c(OC)c2)c1. The van der Waals surface area contributed by atoms with E-state index in [1.54, 1.807) is 32.4 Å². The number of hydrogen-bond donors (Lipinski definition) is 1. The average Bonchev–Trinajstić information content (AvgIpc) is 2.42. The first-order valence-corrected chi connectivity index (χ1v) is 5.92. The molecule has 0 unspecified atom stereocenters. The van der Waals surface area contributed by atoms with Crippen LogP contribution in [0.4, 0.5) is 5.69 Å². The van der Waals surface area contributed by atoms with Crippen LogP contribution in [0.2, 0.25) is 0 Å². The Morgan fingerprint density at radius 1 is 1.00 bits per heavy atom. The summed E-state index contributed by atoms with van der Waals surface area (Å²) in [5, 5.41) is 0. The van der Waals surface area contributed by atoms with Gasteiger partial charge in [0, 0.05) is 13.2 Å². The number of nitrogen functional groups attached to an aromatic ring is 1. The van der Waals surface area contributed by atoms with E-state index in [0.29, 0.717) is 23.8 Å². The van der Waals surface area contributed by atoms with Crippen molar-refractivity contribution in [1.29, 1.82) is 0 Å². The van der Waals surface area contributed by atoms with E-state index in [2.05, 4.69) is 0 Å². The molecular weight excluding hydrogens is 242 g/mol. The molecule has 2 aromatic carbocycles. The van der Waals surface area contributed by atoms with E-state index >= 15 is 0 Å². The van der Waals surface area contributed by atoms with Gasteiger partial charge in [-0.25, -0.2) is 0 Å². The van der Waals surface area contributed by atoms with Gasteiger partial charge in [0.1, 0.15) is 17.2 Å². The third kappa shape index (κ3) is 3.39. The number of hydrogen-bond acceptors (Lipinski definition) is 4. The van der Waals surface area contributed by atoms with Crippen molar-refractivity contribution in [3.05, 3.63) is 48.0 Å². The molecule has 0 heterocycles. The van der Waals surface area contributed by atoms with Crippen LogP contribution in [0.5, 0.6) is 17.2 Å². The summed E-state index contributed by atoms with van der Waals surface area (Å²) >= 11 is 0. The number of benzene rings is 2. The molecule has 0 spiro atoms. The van der Waals surface area contributed by atoms with Crippen LogP contribution >= 0.6 is 0 Å². The van der Waals surface area contributed by atoms with Crippen LogP contribution in [0.25, 0.3) is 0 Å². The minimum atomic E-state index is 0.558. The molecule has 0 aliphatic heterocycles. The predicted molar refractivity (Wildman–Crippen MR) is 74.6 cm³/mol. The first-order valence-electron chi connectivity index (χ1n) is 5.92. The summed E-state index contributed by atoms with van der Waals surface area (Å²) in [6, 6.07) is 13.1. The van der Waals surface area contributed by atoms with Crippen LogP contribution in [0.1, 0.15) is 5.56 Å². The molecule has 100 valence electrons. The molecule has 0 radical (unpaired) electrons. The van der Waals surface area contributed by atoms with Crippen molar-refractivity contribution in [2.24, 2.45) is 0 Å². The fraction of sp³-hybridized carbons (Fsp3) is 0.200. The monoisotopic (exact) mass is 259 g/mol. The third-order valence-corrected chi connectivity index (χ3v) is 2.65. The topological polar surface area (TPSA) is 53.7 Å². The number of rotatable bonds is 5. The molecule has 0 amide bonds. The lowest BCUT2D eigenvalue weighted by atomic mass is 10.2. The quantitative estimate of drug-likeness (QED) is 0.838. The van der Waals surface area contributed by atoms with Gasteiger partial charge >= 0.3 is 0 Å². The Bertz CT molecular complexity index is 555. The summed E-state index contributed by atoms with van der Waals surface area (Å²) in [6.45, 7) is 0.558. The van der Waals surface area contributed by atoms with Crippen molar-refractivity contribution in [3.63, 3.8) is 0 Å². The van der Waals surface area contributed by atoms with E-state index in [0.717, 1.165) is 11.3 Å². The average molecular weight is 259 g/mol. The lowest BCUT2D eigenvalue weighted by Crippen LogP contribution is -1.93. The van der Waals surface area contributed by atoms with E-state index < -0.39 is 0 Å². The van der Waals surface area contributed by atoms with E-state index in [4.69, 9.17) is 19.9 Å². The molecule has 0 aromatic heterocycles. The van der Waals surface area contributed by atoms with Gasteiger partial charge in [0.25, 0.3) is 0 Å². The lowest BCUT2D eigenvalue weighted by molar-refractivity contribution is 0.184. The van der Waals surface area contributed by atoms with Crippen LogP contribution in [0, 0.1) is 0 Å². The second-order valence-corrected chi connectivity index (χ2v) is 4.09. The molecule has 0 saturated carbocycles. The molecule has 2 rings (SSSR count). The van der Waals surface area contributed by atoms with Crippen LogP contribution in [0.15, 0.2) is 42.5 Å². The highest BCUT2D eigenvalue weighted by Gasteiger charge is 2.03. The molecule has 0 fully saturated rings. The second kappa shape index (κ2) is 6.11. The zero-order valence-electron chi connectivity index (χ0n) is 11.1. The maximum atomic E-state index is 5.77. The van der Waals surface area contributed by atoms with Gasteiger partial charge in [-0.05, 0) is 29.8 Å². The normalized spacial score (nSPS) is 10.2. The zero-order chi connectivity index (χ0) is 13.7. The summed E-state index contributed by atoms with van der Waals surface area (Å²) < 4.78 is 16.0.